The van der Waals surface area contributed by atoms with Crippen LogP contribution in [0, 0.1) is 5.92 Å². The number of benzene rings is 2. The second kappa shape index (κ2) is 9.51. The second-order valence-electron chi connectivity index (χ2n) is 7.37. The van der Waals surface area contributed by atoms with Gasteiger partial charge in [0.1, 0.15) is 6.10 Å². The number of rotatable bonds is 7. The first-order valence-electron chi connectivity index (χ1n) is 9.80. The largest absolute Gasteiger partial charge is 0.478 e. The fourth-order valence-corrected chi connectivity index (χ4v) is 3.70. The summed E-state index contributed by atoms with van der Waals surface area (Å²) in [6.45, 7) is 3.62. The van der Waals surface area contributed by atoms with Crippen LogP contribution in [0.4, 0.5) is 0 Å². The van der Waals surface area contributed by atoms with Crippen molar-refractivity contribution >= 4 is 11.9 Å². The zero-order valence-electron chi connectivity index (χ0n) is 16.2. The maximum atomic E-state index is 12.7. The molecule has 0 spiro atoms. The van der Waals surface area contributed by atoms with Gasteiger partial charge in [-0.3, -0.25) is 4.79 Å². The lowest BCUT2D eigenvalue weighted by molar-refractivity contribution is -0.144. The maximum Gasteiger partial charge on any atom is 0.335 e. The molecule has 1 amide bonds. The zero-order valence-corrected chi connectivity index (χ0v) is 16.2. The Morgan fingerprint density at radius 3 is 2.39 bits per heavy atom. The van der Waals surface area contributed by atoms with Gasteiger partial charge < -0.3 is 14.7 Å². The average molecular weight is 381 g/mol. The first kappa shape index (κ1) is 20.1. The van der Waals surface area contributed by atoms with Gasteiger partial charge in [0.2, 0.25) is 0 Å². The molecule has 1 fully saturated rings. The lowest BCUT2D eigenvalue weighted by Crippen LogP contribution is -2.44. The van der Waals surface area contributed by atoms with Crippen molar-refractivity contribution in [3.63, 3.8) is 0 Å². The summed E-state index contributed by atoms with van der Waals surface area (Å²) in [4.78, 5) is 25.9. The summed E-state index contributed by atoms with van der Waals surface area (Å²) in [6.07, 6.45) is 2.03. The van der Waals surface area contributed by atoms with Gasteiger partial charge in [-0.25, -0.2) is 4.79 Å². The number of amides is 1. The molecule has 1 saturated heterocycles. The van der Waals surface area contributed by atoms with Crippen LogP contribution >= 0.6 is 0 Å². The Morgan fingerprint density at radius 1 is 1.07 bits per heavy atom. The van der Waals surface area contributed by atoms with Crippen LogP contribution in [0.1, 0.15) is 41.3 Å². The molecule has 2 aromatic carbocycles. The van der Waals surface area contributed by atoms with Gasteiger partial charge in [0.15, 0.2) is 0 Å². The summed E-state index contributed by atoms with van der Waals surface area (Å²) in [5, 5.41) is 9.34. The molecule has 1 heterocycles. The molecule has 1 aliphatic heterocycles. The fraction of sp³-hybridized carbons (Fsp3) is 0.391. The molecule has 148 valence electrons. The van der Waals surface area contributed by atoms with E-state index in [4.69, 9.17) is 4.74 Å². The van der Waals surface area contributed by atoms with E-state index >= 15 is 0 Å². The number of carbonyl (C=O) groups is 2. The number of nitrogens with zero attached hydrogens (tertiary/aromatic N) is 1. The Morgan fingerprint density at radius 2 is 1.71 bits per heavy atom. The van der Waals surface area contributed by atoms with E-state index in [1.807, 2.05) is 47.4 Å². The van der Waals surface area contributed by atoms with E-state index in [-0.39, 0.29) is 5.91 Å². The predicted octanol–water partition coefficient (Wildman–Crippen LogP) is 3.77. The summed E-state index contributed by atoms with van der Waals surface area (Å²) in [7, 11) is 0. The molecule has 1 aliphatic rings. The molecule has 1 atom stereocenters. The number of aromatic carboxylic acids is 1. The molecule has 1 unspecified atom stereocenters. The SMILES string of the molecule is CC(OCc1ccccc1)C(=O)N1CCC(Cc2ccccc2C(=O)O)CC1. The molecule has 0 aliphatic carbocycles. The van der Waals surface area contributed by atoms with E-state index in [2.05, 4.69) is 0 Å². The quantitative estimate of drug-likeness (QED) is 0.793. The van der Waals surface area contributed by atoms with Crippen molar-refractivity contribution < 1.29 is 19.4 Å². The predicted molar refractivity (Wildman–Crippen MR) is 107 cm³/mol. The van der Waals surface area contributed by atoms with Gasteiger partial charge in [-0.1, -0.05) is 48.5 Å². The highest BCUT2D eigenvalue weighted by molar-refractivity contribution is 5.89. The van der Waals surface area contributed by atoms with Crippen molar-refractivity contribution in [2.24, 2.45) is 5.92 Å². The van der Waals surface area contributed by atoms with Crippen LogP contribution < -0.4 is 0 Å². The highest BCUT2D eigenvalue weighted by Crippen LogP contribution is 2.24. The first-order valence-corrected chi connectivity index (χ1v) is 9.80. The smallest absolute Gasteiger partial charge is 0.335 e. The molecule has 28 heavy (non-hydrogen) atoms. The van der Waals surface area contributed by atoms with Crippen LogP contribution in [0.3, 0.4) is 0 Å². The highest BCUT2D eigenvalue weighted by Gasteiger charge is 2.27. The number of carboxylic acid groups (broad SMARTS) is 1. The summed E-state index contributed by atoms with van der Waals surface area (Å²) >= 11 is 0. The van der Waals surface area contributed by atoms with E-state index < -0.39 is 12.1 Å². The van der Waals surface area contributed by atoms with Gasteiger partial charge in [0.25, 0.3) is 5.91 Å². The molecular weight excluding hydrogens is 354 g/mol. The normalized spacial score (nSPS) is 16.0. The molecule has 0 bridgehead atoms. The van der Waals surface area contributed by atoms with Crippen LogP contribution in [0.25, 0.3) is 0 Å². The minimum absolute atomic E-state index is 0.0281. The Balaban J connectivity index is 1.48. The fourth-order valence-electron chi connectivity index (χ4n) is 3.70. The molecule has 5 heteroatoms. The van der Waals surface area contributed by atoms with E-state index in [1.54, 1.807) is 19.1 Å². The minimum atomic E-state index is -0.882. The van der Waals surface area contributed by atoms with E-state index in [0.29, 0.717) is 31.2 Å². The topological polar surface area (TPSA) is 66.8 Å². The van der Waals surface area contributed by atoms with Crippen LogP contribution in [-0.4, -0.2) is 41.1 Å². The second-order valence-corrected chi connectivity index (χ2v) is 7.37. The molecule has 0 saturated carbocycles. The van der Waals surface area contributed by atoms with E-state index in [1.165, 1.54) is 0 Å². The lowest BCUT2D eigenvalue weighted by atomic mass is 9.88. The van der Waals surface area contributed by atoms with Crippen molar-refractivity contribution in [3.05, 3.63) is 71.3 Å². The summed E-state index contributed by atoms with van der Waals surface area (Å²) < 4.78 is 5.75. The number of hydrogen-bond donors (Lipinski definition) is 1. The first-order chi connectivity index (χ1) is 13.5. The van der Waals surface area contributed by atoms with Crippen molar-refractivity contribution in [3.8, 4) is 0 Å². The van der Waals surface area contributed by atoms with Crippen molar-refractivity contribution in [2.45, 2.75) is 38.9 Å². The number of carbonyl (C=O) groups excluding carboxylic acids is 1. The molecule has 0 aromatic heterocycles. The Kier molecular flexibility index (Phi) is 6.82. The lowest BCUT2D eigenvalue weighted by Gasteiger charge is -2.33. The Labute approximate surface area is 165 Å². The third-order valence-electron chi connectivity index (χ3n) is 5.37. The summed E-state index contributed by atoms with van der Waals surface area (Å²) in [6, 6.07) is 17.0. The van der Waals surface area contributed by atoms with Gasteiger partial charge in [0, 0.05) is 13.1 Å². The van der Waals surface area contributed by atoms with Gasteiger partial charge in [-0.15, -0.1) is 0 Å². The maximum absolute atomic E-state index is 12.7. The molecular formula is C23H27NO4. The standard InChI is InChI=1S/C23H27NO4/c1-17(28-16-19-7-3-2-4-8-19)22(25)24-13-11-18(12-14-24)15-20-9-5-6-10-21(20)23(26)27/h2-10,17-18H,11-16H2,1H3,(H,26,27). The van der Waals surface area contributed by atoms with Crippen LogP contribution in [0.15, 0.2) is 54.6 Å². The Hall–Kier alpha value is -2.66. The molecule has 5 nitrogen and oxygen atoms in total. The number of likely N-dealkylation sites (tertiary alicyclic amines) is 1. The van der Waals surface area contributed by atoms with Crippen molar-refractivity contribution in [1.29, 1.82) is 0 Å². The van der Waals surface area contributed by atoms with Crippen LogP contribution in [-0.2, 0) is 22.6 Å². The summed E-state index contributed by atoms with van der Waals surface area (Å²) in [5.74, 6) is -0.460. The highest BCUT2D eigenvalue weighted by atomic mass is 16.5. The third kappa shape index (κ3) is 5.20. The van der Waals surface area contributed by atoms with Crippen molar-refractivity contribution in [1.82, 2.24) is 4.90 Å². The number of hydrogen-bond acceptors (Lipinski definition) is 3. The minimum Gasteiger partial charge on any atom is -0.478 e. The van der Waals surface area contributed by atoms with Crippen molar-refractivity contribution in [2.75, 3.05) is 13.1 Å². The van der Waals surface area contributed by atoms with Crippen LogP contribution in [0.2, 0.25) is 0 Å². The number of carboxylic acids is 1. The van der Waals surface area contributed by atoms with Crippen LogP contribution in [0.5, 0.6) is 0 Å². The zero-order chi connectivity index (χ0) is 19.9. The van der Waals surface area contributed by atoms with Gasteiger partial charge in [-0.2, -0.15) is 0 Å². The van der Waals surface area contributed by atoms with Gasteiger partial charge in [-0.05, 0) is 49.3 Å². The monoisotopic (exact) mass is 381 g/mol. The number of ether oxygens (including phenoxy) is 1. The Bertz CT molecular complexity index is 797. The van der Waals surface area contributed by atoms with Gasteiger partial charge >= 0.3 is 5.97 Å². The van der Waals surface area contributed by atoms with E-state index in [9.17, 15) is 14.7 Å². The van der Waals surface area contributed by atoms with E-state index in [0.717, 1.165) is 30.4 Å². The van der Waals surface area contributed by atoms with Gasteiger partial charge in [0.05, 0.1) is 12.2 Å². The average Bonchev–Trinajstić information content (AvgIpc) is 2.73. The summed E-state index contributed by atoms with van der Waals surface area (Å²) in [5.41, 5.74) is 2.31. The molecule has 3 rings (SSSR count). The molecule has 0 radical (unpaired) electrons. The third-order valence-corrected chi connectivity index (χ3v) is 5.37. The molecule has 1 N–H and O–H groups in total. The number of piperidine rings is 1. The molecule has 2 aromatic rings.